The minimum atomic E-state index is -0.346. The van der Waals surface area contributed by atoms with Gasteiger partial charge in [0, 0.05) is 31.5 Å². The van der Waals surface area contributed by atoms with Gasteiger partial charge in [-0.1, -0.05) is 0 Å². The Labute approximate surface area is 120 Å². The second-order valence-electron chi connectivity index (χ2n) is 4.42. The van der Waals surface area contributed by atoms with Gasteiger partial charge in [-0.15, -0.1) is 0 Å². The first-order valence-corrected chi connectivity index (χ1v) is 6.55. The van der Waals surface area contributed by atoms with Crippen LogP contribution in [-0.4, -0.2) is 14.1 Å². The highest BCUT2D eigenvalue weighted by molar-refractivity contribution is 9.10. The van der Waals surface area contributed by atoms with E-state index in [1.807, 2.05) is 43.3 Å². The summed E-state index contributed by atoms with van der Waals surface area (Å²) in [4.78, 5) is 2.01. The lowest BCUT2D eigenvalue weighted by molar-refractivity contribution is 0.622. The van der Waals surface area contributed by atoms with E-state index in [1.54, 1.807) is 6.07 Å². The molecular weight excluding hydrogens is 309 g/mol. The predicted molar refractivity (Wildman–Crippen MR) is 82.6 cm³/mol. The van der Waals surface area contributed by atoms with Crippen LogP contribution in [0, 0.1) is 5.82 Å². The van der Waals surface area contributed by atoms with Crippen LogP contribution in [-0.2, 0) is 0 Å². The lowest BCUT2D eigenvalue weighted by atomic mass is 10.2. The standard InChI is InChI=1S/C14H15BrFN3/c1-19(2)10-5-3-9(4-6-10)18-14-8-12(16)11(15)7-13(14)17/h3-8,18H,17H2,1-2H3. The van der Waals surface area contributed by atoms with Gasteiger partial charge in [-0.05, 0) is 46.3 Å². The number of nitrogens with one attached hydrogen (secondary N) is 1. The Bertz CT molecular complexity index is 582. The van der Waals surface area contributed by atoms with Crippen molar-refractivity contribution in [2.24, 2.45) is 0 Å². The summed E-state index contributed by atoms with van der Waals surface area (Å²) in [6, 6.07) is 10.7. The highest BCUT2D eigenvalue weighted by Crippen LogP contribution is 2.29. The lowest BCUT2D eigenvalue weighted by Gasteiger charge is -2.14. The van der Waals surface area contributed by atoms with Crippen molar-refractivity contribution >= 4 is 38.7 Å². The smallest absolute Gasteiger partial charge is 0.139 e. The van der Waals surface area contributed by atoms with Crippen LogP contribution in [0.3, 0.4) is 0 Å². The predicted octanol–water partition coefficient (Wildman–Crippen LogP) is 3.98. The maximum atomic E-state index is 13.5. The molecule has 2 rings (SSSR count). The van der Waals surface area contributed by atoms with Gasteiger partial charge in [0.25, 0.3) is 0 Å². The van der Waals surface area contributed by atoms with Crippen molar-refractivity contribution < 1.29 is 4.39 Å². The van der Waals surface area contributed by atoms with E-state index in [0.29, 0.717) is 15.8 Å². The van der Waals surface area contributed by atoms with E-state index in [4.69, 9.17) is 5.73 Å². The monoisotopic (exact) mass is 323 g/mol. The summed E-state index contributed by atoms with van der Waals surface area (Å²) in [5, 5.41) is 3.10. The van der Waals surface area contributed by atoms with Crippen LogP contribution in [0.1, 0.15) is 0 Å². The summed E-state index contributed by atoms with van der Waals surface area (Å²) in [6.45, 7) is 0. The number of nitrogen functional groups attached to an aromatic ring is 1. The lowest BCUT2D eigenvalue weighted by Crippen LogP contribution is -2.08. The SMILES string of the molecule is CN(C)c1ccc(Nc2cc(F)c(Br)cc2N)cc1. The fourth-order valence-corrected chi connectivity index (χ4v) is 2.03. The molecule has 0 aliphatic rings. The Morgan fingerprint density at radius 3 is 2.37 bits per heavy atom. The van der Waals surface area contributed by atoms with Crippen molar-refractivity contribution in [1.29, 1.82) is 0 Å². The van der Waals surface area contributed by atoms with Crippen molar-refractivity contribution in [2.75, 3.05) is 30.0 Å². The van der Waals surface area contributed by atoms with Crippen LogP contribution in [0.2, 0.25) is 0 Å². The number of hydrogen-bond acceptors (Lipinski definition) is 3. The van der Waals surface area contributed by atoms with Crippen molar-refractivity contribution in [3.05, 3.63) is 46.7 Å². The molecule has 0 amide bonds. The van der Waals surface area contributed by atoms with Crippen molar-refractivity contribution in [2.45, 2.75) is 0 Å². The summed E-state index contributed by atoms with van der Waals surface area (Å²) in [5.41, 5.74) is 8.85. The van der Waals surface area contributed by atoms with E-state index in [1.165, 1.54) is 6.07 Å². The summed E-state index contributed by atoms with van der Waals surface area (Å²) in [7, 11) is 3.95. The first-order valence-electron chi connectivity index (χ1n) is 5.76. The number of anilines is 4. The Morgan fingerprint density at radius 2 is 1.79 bits per heavy atom. The molecule has 0 heterocycles. The van der Waals surface area contributed by atoms with E-state index in [9.17, 15) is 4.39 Å². The highest BCUT2D eigenvalue weighted by atomic mass is 79.9. The van der Waals surface area contributed by atoms with Crippen LogP contribution in [0.5, 0.6) is 0 Å². The average molecular weight is 324 g/mol. The zero-order chi connectivity index (χ0) is 14.0. The maximum absolute atomic E-state index is 13.5. The average Bonchev–Trinajstić information content (AvgIpc) is 2.36. The molecule has 3 nitrogen and oxygen atoms in total. The molecule has 2 aromatic carbocycles. The molecule has 2 aromatic rings. The van der Waals surface area contributed by atoms with E-state index < -0.39 is 0 Å². The maximum Gasteiger partial charge on any atom is 0.139 e. The van der Waals surface area contributed by atoms with Gasteiger partial charge in [-0.2, -0.15) is 0 Å². The van der Waals surface area contributed by atoms with Crippen LogP contribution in [0.25, 0.3) is 0 Å². The summed E-state index contributed by atoms with van der Waals surface area (Å²) < 4.78 is 13.8. The molecule has 0 aliphatic heterocycles. The molecule has 0 aromatic heterocycles. The fraction of sp³-hybridized carbons (Fsp3) is 0.143. The molecule has 0 unspecified atom stereocenters. The molecule has 0 saturated heterocycles. The van der Waals surface area contributed by atoms with Gasteiger partial charge in [0.15, 0.2) is 0 Å². The van der Waals surface area contributed by atoms with E-state index >= 15 is 0 Å². The third kappa shape index (κ3) is 3.17. The molecule has 0 fully saturated rings. The summed E-state index contributed by atoms with van der Waals surface area (Å²) in [5.74, 6) is -0.346. The van der Waals surface area contributed by atoms with E-state index in [0.717, 1.165) is 11.4 Å². The Balaban J connectivity index is 2.24. The third-order valence-corrected chi connectivity index (χ3v) is 3.36. The number of benzene rings is 2. The van der Waals surface area contributed by atoms with Crippen LogP contribution < -0.4 is 16.0 Å². The van der Waals surface area contributed by atoms with Crippen LogP contribution >= 0.6 is 15.9 Å². The zero-order valence-electron chi connectivity index (χ0n) is 10.7. The Kier molecular flexibility index (Phi) is 3.95. The molecule has 0 bridgehead atoms. The van der Waals surface area contributed by atoms with Gasteiger partial charge in [-0.25, -0.2) is 4.39 Å². The number of nitrogens with zero attached hydrogens (tertiary/aromatic N) is 1. The second-order valence-corrected chi connectivity index (χ2v) is 5.27. The third-order valence-electron chi connectivity index (χ3n) is 2.76. The fourth-order valence-electron chi connectivity index (χ4n) is 1.67. The number of rotatable bonds is 3. The summed E-state index contributed by atoms with van der Waals surface area (Å²) in [6.07, 6.45) is 0. The molecule has 0 aliphatic carbocycles. The van der Waals surface area contributed by atoms with Gasteiger partial charge >= 0.3 is 0 Å². The number of halogens is 2. The Hall–Kier alpha value is -1.75. The molecule has 0 saturated carbocycles. The van der Waals surface area contributed by atoms with E-state index in [2.05, 4.69) is 21.2 Å². The first kappa shape index (κ1) is 13.7. The highest BCUT2D eigenvalue weighted by Gasteiger charge is 2.06. The molecule has 0 spiro atoms. The number of nitrogens with two attached hydrogens (primary N) is 1. The normalized spacial score (nSPS) is 10.3. The van der Waals surface area contributed by atoms with Crippen molar-refractivity contribution in [3.8, 4) is 0 Å². The largest absolute Gasteiger partial charge is 0.397 e. The van der Waals surface area contributed by atoms with Gasteiger partial charge < -0.3 is 16.0 Å². The molecular formula is C14H15BrFN3. The molecule has 5 heteroatoms. The van der Waals surface area contributed by atoms with Gasteiger partial charge in [0.05, 0.1) is 15.8 Å². The topological polar surface area (TPSA) is 41.3 Å². The minimum absolute atomic E-state index is 0.346. The molecule has 100 valence electrons. The van der Waals surface area contributed by atoms with Gasteiger partial charge in [-0.3, -0.25) is 0 Å². The second kappa shape index (κ2) is 5.48. The van der Waals surface area contributed by atoms with Gasteiger partial charge in [0.2, 0.25) is 0 Å². The molecule has 0 radical (unpaired) electrons. The van der Waals surface area contributed by atoms with Crippen molar-refractivity contribution in [1.82, 2.24) is 0 Å². The Morgan fingerprint density at radius 1 is 1.16 bits per heavy atom. The summed E-state index contributed by atoms with van der Waals surface area (Å²) >= 11 is 3.10. The van der Waals surface area contributed by atoms with E-state index in [-0.39, 0.29) is 5.82 Å². The number of hydrogen-bond donors (Lipinski definition) is 2. The van der Waals surface area contributed by atoms with Crippen LogP contribution in [0.4, 0.5) is 27.1 Å². The zero-order valence-corrected chi connectivity index (χ0v) is 12.3. The molecule has 0 atom stereocenters. The molecule has 19 heavy (non-hydrogen) atoms. The minimum Gasteiger partial charge on any atom is -0.397 e. The first-order chi connectivity index (χ1) is 8.97. The quantitative estimate of drug-likeness (QED) is 0.839. The molecule has 3 N–H and O–H groups in total. The van der Waals surface area contributed by atoms with Crippen molar-refractivity contribution in [3.63, 3.8) is 0 Å². The van der Waals surface area contributed by atoms with Gasteiger partial charge in [0.1, 0.15) is 5.82 Å². The van der Waals surface area contributed by atoms with Crippen LogP contribution in [0.15, 0.2) is 40.9 Å².